The molecule has 1 saturated heterocycles. The van der Waals surface area contributed by atoms with Gasteiger partial charge in [-0.05, 0) is 43.4 Å². The maximum Gasteiger partial charge on any atom is 0.160 e. The van der Waals surface area contributed by atoms with Crippen molar-refractivity contribution in [2.24, 2.45) is 0 Å². The molecule has 27 heavy (non-hydrogen) atoms. The summed E-state index contributed by atoms with van der Waals surface area (Å²) < 4.78 is 1.86. The third-order valence-electron chi connectivity index (χ3n) is 5.86. The average molecular weight is 360 g/mol. The Morgan fingerprint density at radius 1 is 1.07 bits per heavy atom. The molecule has 2 aromatic heterocycles. The SMILES string of the molecule is c1ccc(CN2CCC(Nc3ccc(-n4ccnc4)nn3)CC23CC3)cc1. The first-order valence-electron chi connectivity index (χ1n) is 9.68. The number of piperidine rings is 1. The third-order valence-corrected chi connectivity index (χ3v) is 5.86. The van der Waals surface area contributed by atoms with Gasteiger partial charge in [-0.3, -0.25) is 9.47 Å². The molecule has 1 atom stereocenters. The Kier molecular flexibility index (Phi) is 4.13. The molecule has 1 N–H and O–H groups in total. The van der Waals surface area contributed by atoms with Crippen molar-refractivity contribution in [1.29, 1.82) is 0 Å². The molecule has 0 amide bonds. The van der Waals surface area contributed by atoms with Gasteiger partial charge >= 0.3 is 0 Å². The molecule has 1 aromatic carbocycles. The van der Waals surface area contributed by atoms with E-state index in [0.717, 1.165) is 31.1 Å². The minimum Gasteiger partial charge on any atom is -0.366 e. The molecule has 6 nitrogen and oxygen atoms in total. The van der Waals surface area contributed by atoms with Crippen LogP contribution in [0.1, 0.15) is 31.2 Å². The first-order valence-corrected chi connectivity index (χ1v) is 9.68. The molecule has 0 radical (unpaired) electrons. The van der Waals surface area contributed by atoms with E-state index in [9.17, 15) is 0 Å². The van der Waals surface area contributed by atoms with Gasteiger partial charge in [0.2, 0.25) is 0 Å². The zero-order chi connectivity index (χ0) is 18.1. The molecule has 3 heterocycles. The van der Waals surface area contributed by atoms with E-state index in [1.54, 1.807) is 12.5 Å². The molecule has 0 bridgehead atoms. The highest BCUT2D eigenvalue weighted by molar-refractivity contribution is 5.38. The maximum atomic E-state index is 4.36. The summed E-state index contributed by atoms with van der Waals surface area (Å²) in [5, 5.41) is 12.3. The van der Waals surface area contributed by atoms with Gasteiger partial charge in [-0.15, -0.1) is 10.2 Å². The molecule has 1 spiro atoms. The largest absolute Gasteiger partial charge is 0.366 e. The number of anilines is 1. The fourth-order valence-corrected chi connectivity index (χ4v) is 4.22. The zero-order valence-corrected chi connectivity index (χ0v) is 15.3. The molecule has 6 heteroatoms. The Hall–Kier alpha value is -2.73. The van der Waals surface area contributed by atoms with Gasteiger partial charge in [0.05, 0.1) is 0 Å². The summed E-state index contributed by atoms with van der Waals surface area (Å²) in [4.78, 5) is 6.74. The lowest BCUT2D eigenvalue weighted by Crippen LogP contribution is -2.47. The highest BCUT2D eigenvalue weighted by Crippen LogP contribution is 2.49. The molecule has 2 aliphatic rings. The van der Waals surface area contributed by atoms with E-state index in [2.05, 4.69) is 55.7 Å². The summed E-state index contributed by atoms with van der Waals surface area (Å²) in [5.41, 5.74) is 1.80. The second-order valence-electron chi connectivity index (χ2n) is 7.71. The van der Waals surface area contributed by atoms with Crippen LogP contribution in [0.15, 0.2) is 61.2 Å². The molecule has 5 rings (SSSR count). The Labute approximate surface area is 159 Å². The van der Waals surface area contributed by atoms with E-state index in [1.807, 2.05) is 22.9 Å². The van der Waals surface area contributed by atoms with Crippen molar-refractivity contribution in [1.82, 2.24) is 24.6 Å². The van der Waals surface area contributed by atoms with E-state index >= 15 is 0 Å². The molecule has 2 fully saturated rings. The number of hydrogen-bond acceptors (Lipinski definition) is 5. The Bertz CT molecular complexity index is 871. The second kappa shape index (κ2) is 6.78. The lowest BCUT2D eigenvalue weighted by Gasteiger charge is -2.40. The molecule has 1 saturated carbocycles. The van der Waals surface area contributed by atoms with Crippen LogP contribution in [0.2, 0.25) is 0 Å². The van der Waals surface area contributed by atoms with Crippen molar-refractivity contribution in [2.45, 2.75) is 43.8 Å². The van der Waals surface area contributed by atoms with Gasteiger partial charge in [0, 0.05) is 37.1 Å². The molecular weight excluding hydrogens is 336 g/mol. The Morgan fingerprint density at radius 2 is 1.96 bits per heavy atom. The molecule has 1 aliphatic carbocycles. The van der Waals surface area contributed by atoms with Crippen LogP contribution in [0.5, 0.6) is 0 Å². The van der Waals surface area contributed by atoms with Crippen LogP contribution in [0.25, 0.3) is 5.82 Å². The van der Waals surface area contributed by atoms with Crippen molar-refractivity contribution in [2.75, 3.05) is 11.9 Å². The van der Waals surface area contributed by atoms with Crippen LogP contribution in [0, 0.1) is 0 Å². The van der Waals surface area contributed by atoms with E-state index in [4.69, 9.17) is 0 Å². The smallest absolute Gasteiger partial charge is 0.160 e. The monoisotopic (exact) mass is 360 g/mol. The minimum atomic E-state index is 0.385. The Morgan fingerprint density at radius 3 is 2.67 bits per heavy atom. The fraction of sp³-hybridized carbons (Fsp3) is 0.381. The van der Waals surface area contributed by atoms with Gasteiger partial charge in [-0.25, -0.2) is 4.98 Å². The minimum absolute atomic E-state index is 0.385. The maximum absolute atomic E-state index is 4.36. The van der Waals surface area contributed by atoms with Crippen LogP contribution in [-0.2, 0) is 6.54 Å². The molecule has 1 aliphatic heterocycles. The normalized spacial score (nSPS) is 21.3. The van der Waals surface area contributed by atoms with Gasteiger partial charge in [-0.2, -0.15) is 0 Å². The van der Waals surface area contributed by atoms with Crippen LogP contribution in [0.3, 0.4) is 0 Å². The van der Waals surface area contributed by atoms with Crippen molar-refractivity contribution in [3.8, 4) is 5.82 Å². The van der Waals surface area contributed by atoms with Gasteiger partial charge in [0.1, 0.15) is 12.1 Å². The molecule has 138 valence electrons. The molecule has 3 aromatic rings. The lowest BCUT2D eigenvalue weighted by molar-refractivity contribution is 0.113. The number of hydrogen-bond donors (Lipinski definition) is 1. The number of rotatable bonds is 5. The summed E-state index contributed by atoms with van der Waals surface area (Å²) in [5.74, 6) is 1.64. The summed E-state index contributed by atoms with van der Waals surface area (Å²) in [6.07, 6.45) is 10.3. The highest BCUT2D eigenvalue weighted by Gasteiger charge is 2.51. The first-order chi connectivity index (χ1) is 13.3. The number of likely N-dealkylation sites (tertiary alicyclic amines) is 1. The quantitative estimate of drug-likeness (QED) is 0.757. The van der Waals surface area contributed by atoms with Crippen LogP contribution in [0.4, 0.5) is 5.82 Å². The van der Waals surface area contributed by atoms with Crippen LogP contribution in [-0.4, -0.2) is 42.8 Å². The summed E-state index contributed by atoms with van der Waals surface area (Å²) in [6, 6.07) is 15.3. The van der Waals surface area contributed by atoms with E-state index < -0.39 is 0 Å². The summed E-state index contributed by atoms with van der Waals surface area (Å²) in [6.45, 7) is 2.19. The van der Waals surface area contributed by atoms with Gasteiger partial charge in [0.15, 0.2) is 5.82 Å². The second-order valence-corrected chi connectivity index (χ2v) is 7.71. The lowest BCUT2D eigenvalue weighted by atomic mass is 9.94. The van der Waals surface area contributed by atoms with Gasteiger partial charge in [0.25, 0.3) is 0 Å². The molecule has 1 unspecified atom stereocenters. The zero-order valence-electron chi connectivity index (χ0n) is 15.3. The molecular formula is C21H24N6. The fourth-order valence-electron chi connectivity index (χ4n) is 4.22. The first kappa shape index (κ1) is 16.4. The Balaban J connectivity index is 1.22. The number of imidazole rings is 1. The number of benzene rings is 1. The van der Waals surface area contributed by atoms with Crippen molar-refractivity contribution in [3.05, 3.63) is 66.7 Å². The van der Waals surface area contributed by atoms with Crippen molar-refractivity contribution in [3.63, 3.8) is 0 Å². The number of nitrogens with one attached hydrogen (secondary N) is 1. The summed E-state index contributed by atoms with van der Waals surface area (Å²) >= 11 is 0. The van der Waals surface area contributed by atoms with Gasteiger partial charge < -0.3 is 5.32 Å². The predicted octanol–water partition coefficient (Wildman–Crippen LogP) is 3.27. The number of nitrogens with zero attached hydrogens (tertiary/aromatic N) is 5. The van der Waals surface area contributed by atoms with E-state index in [0.29, 0.717) is 11.6 Å². The standard InChI is InChI=1S/C21H24N6/c1-2-4-17(5-3-1)15-27-12-8-18(14-21(27)9-10-21)23-19-6-7-20(25-24-19)26-13-11-22-16-26/h1-7,11,13,16,18H,8-10,12,14-15H2,(H,23,24). The van der Waals surface area contributed by atoms with Crippen molar-refractivity contribution >= 4 is 5.82 Å². The van der Waals surface area contributed by atoms with E-state index in [1.165, 1.54) is 24.8 Å². The highest BCUT2D eigenvalue weighted by atomic mass is 15.3. The predicted molar refractivity (Wildman–Crippen MR) is 105 cm³/mol. The number of aromatic nitrogens is 4. The average Bonchev–Trinajstić information content (AvgIpc) is 3.25. The topological polar surface area (TPSA) is 58.9 Å². The van der Waals surface area contributed by atoms with Crippen LogP contribution >= 0.6 is 0 Å². The summed E-state index contributed by atoms with van der Waals surface area (Å²) in [7, 11) is 0. The van der Waals surface area contributed by atoms with E-state index in [-0.39, 0.29) is 0 Å². The van der Waals surface area contributed by atoms with Crippen molar-refractivity contribution < 1.29 is 0 Å². The van der Waals surface area contributed by atoms with Gasteiger partial charge in [-0.1, -0.05) is 30.3 Å². The van der Waals surface area contributed by atoms with Crippen LogP contribution < -0.4 is 5.32 Å². The third kappa shape index (κ3) is 3.45.